The van der Waals surface area contributed by atoms with Gasteiger partial charge in [0.05, 0.1) is 10.4 Å². The third kappa shape index (κ3) is 3.87. The van der Waals surface area contributed by atoms with E-state index in [1.165, 1.54) is 0 Å². The lowest BCUT2D eigenvalue weighted by Crippen LogP contribution is -2.18. The molecule has 0 unspecified atom stereocenters. The van der Waals surface area contributed by atoms with Gasteiger partial charge in [-0.3, -0.25) is 0 Å². The maximum atomic E-state index is 12.8. The van der Waals surface area contributed by atoms with Crippen molar-refractivity contribution in [3.05, 3.63) is 91.0 Å². The molecular weight excluding hydrogens is 323 g/mol. The van der Waals surface area contributed by atoms with Crippen molar-refractivity contribution >= 4 is 28.4 Å². The fourth-order valence-corrected chi connectivity index (χ4v) is 7.47. The first kappa shape index (κ1) is 15.9. The largest absolute Gasteiger partial charge is 0.223 e. The average Bonchev–Trinajstić information content (AvgIpc) is 2.62. The Bertz CT molecular complexity index is 808. The van der Waals surface area contributed by atoms with E-state index < -0.39 is 17.8 Å². The van der Waals surface area contributed by atoms with Crippen LogP contribution < -0.4 is 10.6 Å². The van der Waals surface area contributed by atoms with Gasteiger partial charge in [0.15, 0.2) is 9.84 Å². The fraction of sp³-hybridized carbons (Fsp3) is 0.0526. The summed E-state index contributed by atoms with van der Waals surface area (Å²) < 4.78 is 25.6. The summed E-state index contributed by atoms with van der Waals surface area (Å²) in [5, 5.41) is 2.15. The molecule has 23 heavy (non-hydrogen) atoms. The van der Waals surface area contributed by atoms with Gasteiger partial charge in [0.25, 0.3) is 0 Å². The molecule has 0 bridgehead atoms. The van der Waals surface area contributed by atoms with E-state index in [9.17, 15) is 8.42 Å². The summed E-state index contributed by atoms with van der Waals surface area (Å²) in [7, 11) is -4.28. The first-order chi connectivity index (χ1) is 11.2. The van der Waals surface area contributed by atoms with Gasteiger partial charge in [-0.25, -0.2) is 8.42 Å². The van der Waals surface area contributed by atoms with E-state index in [4.69, 9.17) is 0 Å². The minimum atomic E-state index is -3.33. The maximum Gasteiger partial charge on any atom is 0.183 e. The normalized spacial score (nSPS) is 11.5. The van der Waals surface area contributed by atoms with Crippen LogP contribution in [0.25, 0.3) is 0 Å². The molecule has 3 aromatic rings. The Balaban J connectivity index is 2.00. The molecule has 0 aromatic heterocycles. The minimum Gasteiger partial charge on any atom is -0.223 e. The summed E-state index contributed by atoms with van der Waals surface area (Å²) >= 11 is 0. The van der Waals surface area contributed by atoms with Gasteiger partial charge in [-0.05, 0) is 30.7 Å². The minimum absolute atomic E-state index is 0.125. The van der Waals surface area contributed by atoms with Crippen LogP contribution in [0.4, 0.5) is 0 Å². The quantitative estimate of drug-likeness (QED) is 0.666. The molecule has 0 saturated carbocycles. The number of sulfone groups is 1. The van der Waals surface area contributed by atoms with Crippen molar-refractivity contribution in [1.29, 1.82) is 0 Å². The van der Waals surface area contributed by atoms with Crippen molar-refractivity contribution in [1.82, 2.24) is 0 Å². The van der Waals surface area contributed by atoms with E-state index in [-0.39, 0.29) is 5.49 Å². The highest BCUT2D eigenvalue weighted by Gasteiger charge is 2.23. The summed E-state index contributed by atoms with van der Waals surface area (Å²) in [6.07, 6.45) is 0. The second-order valence-corrected chi connectivity index (χ2v) is 9.78. The van der Waals surface area contributed by atoms with E-state index in [1.807, 2.05) is 66.7 Å². The summed E-state index contributed by atoms with van der Waals surface area (Å²) in [5.41, 5.74) is 0.125. The Labute approximate surface area is 138 Å². The van der Waals surface area contributed by atoms with Gasteiger partial charge < -0.3 is 0 Å². The highest BCUT2D eigenvalue weighted by Crippen LogP contribution is 2.36. The van der Waals surface area contributed by atoms with E-state index in [1.54, 1.807) is 24.3 Å². The monoisotopic (exact) mass is 340 g/mol. The SMILES string of the molecule is O=S(=O)(CP(c1ccccc1)c1ccccc1)c1ccccc1. The van der Waals surface area contributed by atoms with Crippen molar-refractivity contribution in [3.8, 4) is 0 Å². The van der Waals surface area contributed by atoms with Crippen LogP contribution in [0.3, 0.4) is 0 Å². The smallest absolute Gasteiger partial charge is 0.183 e. The van der Waals surface area contributed by atoms with Crippen LogP contribution >= 0.6 is 7.92 Å². The second-order valence-electron chi connectivity index (χ2n) is 5.16. The molecule has 0 aliphatic heterocycles. The molecule has 0 aliphatic carbocycles. The van der Waals surface area contributed by atoms with E-state index >= 15 is 0 Å². The van der Waals surface area contributed by atoms with E-state index in [0.717, 1.165) is 10.6 Å². The zero-order valence-corrected chi connectivity index (χ0v) is 14.3. The van der Waals surface area contributed by atoms with E-state index in [0.29, 0.717) is 4.90 Å². The molecule has 2 nitrogen and oxygen atoms in total. The van der Waals surface area contributed by atoms with Gasteiger partial charge in [-0.1, -0.05) is 78.9 Å². The molecule has 3 aromatic carbocycles. The summed E-state index contributed by atoms with van der Waals surface area (Å²) in [6, 6.07) is 28.5. The van der Waals surface area contributed by atoms with Gasteiger partial charge in [-0.2, -0.15) is 0 Å². The first-order valence-electron chi connectivity index (χ1n) is 7.32. The highest BCUT2D eigenvalue weighted by atomic mass is 32.2. The van der Waals surface area contributed by atoms with Crippen LogP contribution in [0.2, 0.25) is 0 Å². The van der Waals surface area contributed by atoms with E-state index in [2.05, 4.69) is 0 Å². The molecule has 0 heterocycles. The Kier molecular flexibility index (Phi) is 4.90. The predicted octanol–water partition coefficient (Wildman–Crippen LogP) is 3.55. The second kappa shape index (κ2) is 7.08. The molecule has 0 aliphatic rings. The Morgan fingerprint density at radius 3 is 1.43 bits per heavy atom. The Morgan fingerprint density at radius 1 is 0.609 bits per heavy atom. The molecule has 0 amide bonds. The molecule has 0 saturated heterocycles. The van der Waals surface area contributed by atoms with Crippen LogP contribution in [0.5, 0.6) is 0 Å². The molecule has 4 heteroatoms. The predicted molar refractivity (Wildman–Crippen MR) is 97.6 cm³/mol. The Hall–Kier alpha value is -1.96. The van der Waals surface area contributed by atoms with Crippen molar-refractivity contribution in [2.75, 3.05) is 5.49 Å². The number of rotatable bonds is 5. The topological polar surface area (TPSA) is 34.1 Å². The van der Waals surface area contributed by atoms with Crippen molar-refractivity contribution in [2.24, 2.45) is 0 Å². The van der Waals surface area contributed by atoms with Gasteiger partial charge in [0, 0.05) is 0 Å². The zero-order chi connectivity index (χ0) is 16.1. The number of benzene rings is 3. The number of hydrogen-bond donors (Lipinski definition) is 0. The lowest BCUT2D eigenvalue weighted by Gasteiger charge is -2.18. The highest BCUT2D eigenvalue weighted by molar-refractivity contribution is 8.00. The van der Waals surface area contributed by atoms with Gasteiger partial charge in [0.2, 0.25) is 0 Å². The lowest BCUT2D eigenvalue weighted by molar-refractivity contribution is 0.600. The van der Waals surface area contributed by atoms with Crippen LogP contribution in [0.15, 0.2) is 95.9 Å². The van der Waals surface area contributed by atoms with Gasteiger partial charge in [-0.15, -0.1) is 0 Å². The molecule has 3 rings (SSSR count). The molecule has 0 N–H and O–H groups in total. The third-order valence-corrected chi connectivity index (χ3v) is 8.76. The fourth-order valence-electron chi connectivity index (χ4n) is 2.39. The third-order valence-electron chi connectivity index (χ3n) is 3.54. The molecule has 0 atom stereocenters. The van der Waals surface area contributed by atoms with Crippen molar-refractivity contribution in [3.63, 3.8) is 0 Å². The summed E-state index contributed by atoms with van der Waals surface area (Å²) in [4.78, 5) is 0.388. The molecule has 0 spiro atoms. The lowest BCUT2D eigenvalue weighted by atomic mass is 10.4. The zero-order valence-electron chi connectivity index (χ0n) is 12.5. The first-order valence-corrected chi connectivity index (χ1v) is 10.5. The average molecular weight is 340 g/mol. The van der Waals surface area contributed by atoms with Crippen LogP contribution in [0.1, 0.15) is 0 Å². The molecular formula is C19H17O2PS. The van der Waals surface area contributed by atoms with Crippen molar-refractivity contribution in [2.45, 2.75) is 4.90 Å². The summed E-state index contributed by atoms with van der Waals surface area (Å²) in [6.45, 7) is 0. The summed E-state index contributed by atoms with van der Waals surface area (Å²) in [5.74, 6) is 0. The van der Waals surface area contributed by atoms with Gasteiger partial charge in [0.1, 0.15) is 0 Å². The molecule has 0 fully saturated rings. The van der Waals surface area contributed by atoms with Crippen LogP contribution in [-0.2, 0) is 9.84 Å². The van der Waals surface area contributed by atoms with Gasteiger partial charge >= 0.3 is 0 Å². The van der Waals surface area contributed by atoms with Crippen molar-refractivity contribution < 1.29 is 8.42 Å². The van der Waals surface area contributed by atoms with Crippen LogP contribution in [0, 0.1) is 0 Å². The van der Waals surface area contributed by atoms with Crippen LogP contribution in [-0.4, -0.2) is 13.9 Å². The maximum absolute atomic E-state index is 12.8. The number of hydrogen-bond acceptors (Lipinski definition) is 2. The molecule has 116 valence electrons. The standard InChI is InChI=1S/C19H17O2PS/c20-23(21,19-14-8-3-9-15-19)16-22(17-10-4-1-5-11-17)18-12-6-2-7-13-18/h1-15H,16H2. The Morgan fingerprint density at radius 2 is 1.00 bits per heavy atom. The molecule has 0 radical (unpaired) electrons.